The van der Waals surface area contributed by atoms with Crippen LogP contribution in [-0.4, -0.2) is 48.9 Å². The number of amides is 1. The largest absolute Gasteiger partial charge is 0.453 e. The number of guanidine groups is 1. The molecule has 1 aromatic heterocycles. The quantitative estimate of drug-likeness (QED) is 0.482. The molecule has 0 saturated heterocycles. The molecule has 0 radical (unpaired) electrons. The van der Waals surface area contributed by atoms with Gasteiger partial charge in [-0.25, -0.2) is 9.38 Å². The van der Waals surface area contributed by atoms with Crippen molar-refractivity contribution in [3.63, 3.8) is 0 Å². The lowest BCUT2D eigenvalue weighted by molar-refractivity contribution is -0.138. The standard InChI is InChI=1S/C24H32FN5O2/c1-4-27-23(29-17-24(11-5-6-12-24)22(31)30(2)3)28-15-18-9-10-21(20(25)14-18)32-19-8-7-13-26-16-19/h7-10,13-14,16H,4-6,11-12,15,17H2,1-3H3,(H2,27,28,29). The van der Waals surface area contributed by atoms with Crippen molar-refractivity contribution >= 4 is 11.9 Å². The number of pyridine rings is 1. The molecule has 0 aliphatic heterocycles. The summed E-state index contributed by atoms with van der Waals surface area (Å²) in [5.41, 5.74) is 0.329. The molecule has 1 saturated carbocycles. The van der Waals surface area contributed by atoms with Crippen LogP contribution in [-0.2, 0) is 11.3 Å². The fourth-order valence-corrected chi connectivity index (χ4v) is 4.02. The number of carbonyl (C=O) groups is 1. The molecule has 1 aliphatic rings. The van der Waals surface area contributed by atoms with Gasteiger partial charge in [0.25, 0.3) is 0 Å². The molecule has 0 spiro atoms. The van der Waals surface area contributed by atoms with Crippen molar-refractivity contribution in [2.24, 2.45) is 10.4 Å². The highest BCUT2D eigenvalue weighted by atomic mass is 19.1. The van der Waals surface area contributed by atoms with Crippen molar-refractivity contribution in [2.45, 2.75) is 39.2 Å². The number of benzene rings is 1. The van der Waals surface area contributed by atoms with Gasteiger partial charge in [-0.15, -0.1) is 0 Å². The molecular formula is C24H32FN5O2. The molecule has 1 amide bonds. The van der Waals surface area contributed by atoms with Gasteiger partial charge < -0.3 is 20.3 Å². The van der Waals surface area contributed by atoms with Crippen LogP contribution in [0, 0.1) is 11.2 Å². The molecule has 2 N–H and O–H groups in total. The average Bonchev–Trinajstić information content (AvgIpc) is 3.27. The second-order valence-electron chi connectivity index (χ2n) is 8.29. The Labute approximate surface area is 189 Å². The molecule has 0 unspecified atom stereocenters. The maximum atomic E-state index is 14.5. The van der Waals surface area contributed by atoms with Crippen LogP contribution in [0.2, 0.25) is 0 Å². The van der Waals surface area contributed by atoms with E-state index in [0.29, 0.717) is 31.3 Å². The van der Waals surface area contributed by atoms with Gasteiger partial charge in [-0.1, -0.05) is 18.9 Å². The molecule has 32 heavy (non-hydrogen) atoms. The monoisotopic (exact) mass is 441 g/mol. The lowest BCUT2D eigenvalue weighted by Crippen LogP contribution is -2.49. The number of aliphatic imine (C=N–C) groups is 1. The van der Waals surface area contributed by atoms with Crippen LogP contribution < -0.4 is 15.4 Å². The first-order chi connectivity index (χ1) is 15.4. The zero-order chi connectivity index (χ0) is 23.0. The van der Waals surface area contributed by atoms with E-state index in [4.69, 9.17) is 4.74 Å². The van der Waals surface area contributed by atoms with Gasteiger partial charge in [0.1, 0.15) is 5.75 Å². The topological polar surface area (TPSA) is 78.9 Å². The minimum atomic E-state index is -0.457. The highest BCUT2D eigenvalue weighted by Gasteiger charge is 2.42. The second kappa shape index (κ2) is 10.9. The number of hydrogen-bond acceptors (Lipinski definition) is 4. The summed E-state index contributed by atoms with van der Waals surface area (Å²) >= 11 is 0. The Kier molecular flexibility index (Phi) is 8.03. The number of halogens is 1. The lowest BCUT2D eigenvalue weighted by atomic mass is 9.84. The summed E-state index contributed by atoms with van der Waals surface area (Å²) in [5.74, 6) is 0.928. The Morgan fingerprint density at radius 3 is 2.66 bits per heavy atom. The van der Waals surface area contributed by atoms with Gasteiger partial charge in [0.2, 0.25) is 5.91 Å². The smallest absolute Gasteiger partial charge is 0.230 e. The molecule has 1 fully saturated rings. The second-order valence-corrected chi connectivity index (χ2v) is 8.29. The zero-order valence-electron chi connectivity index (χ0n) is 19.0. The van der Waals surface area contributed by atoms with Crippen LogP contribution >= 0.6 is 0 Å². The van der Waals surface area contributed by atoms with Crippen LogP contribution in [0.3, 0.4) is 0 Å². The van der Waals surface area contributed by atoms with E-state index in [1.807, 2.05) is 6.92 Å². The van der Waals surface area contributed by atoms with Crippen LogP contribution in [0.5, 0.6) is 11.5 Å². The Balaban J connectivity index is 1.65. The van der Waals surface area contributed by atoms with E-state index in [9.17, 15) is 9.18 Å². The maximum absolute atomic E-state index is 14.5. The van der Waals surface area contributed by atoms with E-state index in [2.05, 4.69) is 20.6 Å². The van der Waals surface area contributed by atoms with Crippen LogP contribution in [0.25, 0.3) is 0 Å². The highest BCUT2D eigenvalue weighted by Crippen LogP contribution is 2.38. The summed E-state index contributed by atoms with van der Waals surface area (Å²) in [6, 6.07) is 8.25. The predicted molar refractivity (Wildman–Crippen MR) is 123 cm³/mol. The third-order valence-corrected chi connectivity index (χ3v) is 5.64. The van der Waals surface area contributed by atoms with Gasteiger partial charge in [-0.2, -0.15) is 0 Å². The van der Waals surface area contributed by atoms with Crippen molar-refractivity contribution < 1.29 is 13.9 Å². The van der Waals surface area contributed by atoms with E-state index < -0.39 is 11.2 Å². The van der Waals surface area contributed by atoms with Crippen LogP contribution in [0.1, 0.15) is 38.2 Å². The van der Waals surface area contributed by atoms with Crippen molar-refractivity contribution in [2.75, 3.05) is 27.2 Å². The Bertz CT molecular complexity index is 927. The molecule has 1 aromatic carbocycles. The number of aromatic nitrogens is 1. The average molecular weight is 442 g/mol. The number of ether oxygens (including phenoxy) is 1. The number of carbonyl (C=O) groups excluding carboxylic acids is 1. The molecule has 1 aliphatic carbocycles. The van der Waals surface area contributed by atoms with Gasteiger partial charge in [-0.3, -0.25) is 9.78 Å². The van der Waals surface area contributed by atoms with Gasteiger partial charge in [0, 0.05) is 33.4 Å². The number of nitrogens with one attached hydrogen (secondary N) is 2. The van der Waals surface area contributed by atoms with E-state index in [1.165, 1.54) is 12.3 Å². The zero-order valence-corrected chi connectivity index (χ0v) is 19.0. The molecule has 0 bridgehead atoms. The first-order valence-electron chi connectivity index (χ1n) is 11.0. The van der Waals surface area contributed by atoms with Crippen molar-refractivity contribution in [3.8, 4) is 11.5 Å². The van der Waals surface area contributed by atoms with Crippen molar-refractivity contribution in [1.82, 2.24) is 20.5 Å². The fraction of sp³-hybridized carbons (Fsp3) is 0.458. The summed E-state index contributed by atoms with van der Waals surface area (Å²) in [4.78, 5) is 23.0. The van der Waals surface area contributed by atoms with E-state index in [0.717, 1.165) is 31.2 Å². The molecule has 0 atom stereocenters. The number of nitrogens with zero attached hydrogens (tertiary/aromatic N) is 3. The fourth-order valence-electron chi connectivity index (χ4n) is 4.02. The minimum Gasteiger partial charge on any atom is -0.453 e. The van der Waals surface area contributed by atoms with Gasteiger partial charge in [0.05, 0.1) is 18.2 Å². The SMILES string of the molecule is CCNC(=NCc1ccc(Oc2cccnc2)c(F)c1)NCC1(C(=O)N(C)C)CCCC1. The Morgan fingerprint density at radius 1 is 1.25 bits per heavy atom. The molecule has 172 valence electrons. The van der Waals surface area contributed by atoms with Crippen molar-refractivity contribution in [3.05, 3.63) is 54.1 Å². The van der Waals surface area contributed by atoms with E-state index >= 15 is 0 Å². The third kappa shape index (κ3) is 5.96. The third-order valence-electron chi connectivity index (χ3n) is 5.64. The predicted octanol–water partition coefficient (Wildman–Crippen LogP) is 3.72. The van der Waals surface area contributed by atoms with Gasteiger partial charge in [0.15, 0.2) is 17.5 Å². The lowest BCUT2D eigenvalue weighted by Gasteiger charge is -2.31. The summed E-state index contributed by atoms with van der Waals surface area (Å²) in [6.45, 7) is 3.50. The molecule has 1 heterocycles. The normalized spacial score (nSPS) is 15.3. The Hall–Kier alpha value is -3.16. The molecule has 7 nitrogen and oxygen atoms in total. The molecule has 2 aromatic rings. The van der Waals surface area contributed by atoms with Crippen LogP contribution in [0.15, 0.2) is 47.7 Å². The van der Waals surface area contributed by atoms with E-state index in [-0.39, 0.29) is 11.7 Å². The summed E-state index contributed by atoms with van der Waals surface area (Å²) in [5, 5.41) is 6.54. The molecule has 3 rings (SSSR count). The summed E-state index contributed by atoms with van der Waals surface area (Å²) in [7, 11) is 3.61. The first-order valence-corrected chi connectivity index (χ1v) is 11.0. The van der Waals surface area contributed by atoms with Gasteiger partial charge in [-0.05, 0) is 49.6 Å². The molecule has 8 heteroatoms. The van der Waals surface area contributed by atoms with Crippen molar-refractivity contribution in [1.29, 1.82) is 0 Å². The first kappa shape index (κ1) is 23.5. The van der Waals surface area contributed by atoms with E-state index in [1.54, 1.807) is 49.5 Å². The Morgan fingerprint density at radius 2 is 2.03 bits per heavy atom. The highest BCUT2D eigenvalue weighted by molar-refractivity contribution is 5.85. The van der Waals surface area contributed by atoms with Gasteiger partial charge >= 0.3 is 0 Å². The maximum Gasteiger partial charge on any atom is 0.230 e. The number of rotatable bonds is 8. The molecular weight excluding hydrogens is 409 g/mol. The summed E-state index contributed by atoms with van der Waals surface area (Å²) < 4.78 is 20.1. The van der Waals surface area contributed by atoms with Crippen LogP contribution in [0.4, 0.5) is 4.39 Å². The number of hydrogen-bond donors (Lipinski definition) is 2. The summed E-state index contributed by atoms with van der Waals surface area (Å²) in [6.07, 6.45) is 7.03. The minimum absolute atomic E-state index is 0.140.